The third-order valence-electron chi connectivity index (χ3n) is 4.27. The van der Waals surface area contributed by atoms with E-state index in [-0.39, 0.29) is 0 Å². The smallest absolute Gasteiger partial charge is 0.128 e. The van der Waals surface area contributed by atoms with Gasteiger partial charge in [0.15, 0.2) is 0 Å². The van der Waals surface area contributed by atoms with Crippen molar-refractivity contribution in [2.45, 2.75) is 38.7 Å². The van der Waals surface area contributed by atoms with Gasteiger partial charge < -0.3 is 14.6 Å². The Balaban J connectivity index is 2.16. The van der Waals surface area contributed by atoms with E-state index < -0.39 is 6.10 Å². The molecule has 1 aliphatic rings. The number of aliphatic hydroxyl groups excluding tert-OH is 1. The van der Waals surface area contributed by atoms with Crippen LogP contribution in [0.4, 0.5) is 0 Å². The molecule has 0 bridgehead atoms. The first kappa shape index (κ1) is 14.2. The average molecular weight is 264 g/mol. The second kappa shape index (κ2) is 6.29. The van der Waals surface area contributed by atoms with Gasteiger partial charge in [0.25, 0.3) is 0 Å². The van der Waals surface area contributed by atoms with Crippen molar-refractivity contribution in [3.05, 3.63) is 23.8 Å². The summed E-state index contributed by atoms with van der Waals surface area (Å²) in [6.07, 6.45) is 4.17. The molecule has 3 heteroatoms. The van der Waals surface area contributed by atoms with Crippen molar-refractivity contribution >= 4 is 0 Å². The first-order valence-electron chi connectivity index (χ1n) is 7.05. The summed E-state index contributed by atoms with van der Waals surface area (Å²) in [6.45, 7) is 2.29. The van der Waals surface area contributed by atoms with Gasteiger partial charge in [-0.3, -0.25) is 0 Å². The lowest BCUT2D eigenvalue weighted by Gasteiger charge is -2.30. The lowest BCUT2D eigenvalue weighted by atomic mass is 9.78. The molecule has 1 saturated carbocycles. The highest BCUT2D eigenvalue weighted by atomic mass is 16.5. The Morgan fingerprint density at radius 1 is 1.11 bits per heavy atom. The number of rotatable bonds is 4. The van der Waals surface area contributed by atoms with E-state index in [9.17, 15) is 5.11 Å². The fraction of sp³-hybridized carbons (Fsp3) is 0.625. The Morgan fingerprint density at radius 2 is 1.79 bits per heavy atom. The molecule has 0 amide bonds. The first-order valence-corrected chi connectivity index (χ1v) is 7.05. The van der Waals surface area contributed by atoms with Gasteiger partial charge in [-0.1, -0.05) is 19.8 Å². The van der Waals surface area contributed by atoms with Gasteiger partial charge in [-0.25, -0.2) is 0 Å². The molecule has 0 heterocycles. The third kappa shape index (κ3) is 3.21. The van der Waals surface area contributed by atoms with Gasteiger partial charge >= 0.3 is 0 Å². The minimum absolute atomic E-state index is 0.346. The number of benzene rings is 1. The summed E-state index contributed by atoms with van der Waals surface area (Å²) < 4.78 is 10.6. The SMILES string of the molecule is COc1ccc(C(O)C2CCC(C)CC2)c(OC)c1. The van der Waals surface area contributed by atoms with Crippen molar-refractivity contribution in [3.8, 4) is 11.5 Å². The van der Waals surface area contributed by atoms with Crippen molar-refractivity contribution in [2.75, 3.05) is 14.2 Å². The monoisotopic (exact) mass is 264 g/mol. The summed E-state index contributed by atoms with van der Waals surface area (Å²) in [6, 6.07) is 5.64. The van der Waals surface area contributed by atoms with Crippen LogP contribution in [-0.4, -0.2) is 19.3 Å². The molecule has 1 aliphatic carbocycles. The first-order chi connectivity index (χ1) is 9.15. The van der Waals surface area contributed by atoms with Crippen molar-refractivity contribution in [1.29, 1.82) is 0 Å². The molecule has 0 aromatic heterocycles. The van der Waals surface area contributed by atoms with Crippen molar-refractivity contribution in [1.82, 2.24) is 0 Å². The number of hydrogen-bond donors (Lipinski definition) is 1. The molecule has 1 aromatic rings. The van der Waals surface area contributed by atoms with Crippen LogP contribution in [0.2, 0.25) is 0 Å². The van der Waals surface area contributed by atoms with Crippen LogP contribution in [0.15, 0.2) is 18.2 Å². The Hall–Kier alpha value is -1.22. The highest BCUT2D eigenvalue weighted by Crippen LogP contribution is 2.40. The predicted octanol–water partition coefficient (Wildman–Crippen LogP) is 3.56. The second-order valence-corrected chi connectivity index (χ2v) is 5.57. The van der Waals surface area contributed by atoms with Gasteiger partial charge in [0, 0.05) is 11.6 Å². The molecule has 1 aromatic carbocycles. The summed E-state index contributed by atoms with van der Waals surface area (Å²) in [5.74, 6) is 2.61. The van der Waals surface area contributed by atoms with Gasteiger partial charge in [0.1, 0.15) is 11.5 Å². The van der Waals surface area contributed by atoms with E-state index in [1.807, 2.05) is 18.2 Å². The number of ether oxygens (including phenoxy) is 2. The maximum absolute atomic E-state index is 10.6. The highest BCUT2D eigenvalue weighted by molar-refractivity contribution is 5.42. The van der Waals surface area contributed by atoms with E-state index in [1.165, 1.54) is 12.8 Å². The van der Waals surface area contributed by atoms with Gasteiger partial charge in [-0.15, -0.1) is 0 Å². The summed E-state index contributed by atoms with van der Waals surface area (Å²) in [4.78, 5) is 0. The lowest BCUT2D eigenvalue weighted by molar-refractivity contribution is 0.0734. The van der Waals surface area contributed by atoms with Crippen LogP contribution in [-0.2, 0) is 0 Å². The molecule has 1 atom stereocenters. The molecule has 0 spiro atoms. The zero-order valence-electron chi connectivity index (χ0n) is 12.1. The Kier molecular flexibility index (Phi) is 4.70. The van der Waals surface area contributed by atoms with Gasteiger partial charge in [0.05, 0.1) is 20.3 Å². The molecule has 1 unspecified atom stereocenters. The lowest BCUT2D eigenvalue weighted by Crippen LogP contribution is -2.19. The normalized spacial score (nSPS) is 24.8. The minimum Gasteiger partial charge on any atom is -0.497 e. The number of aliphatic hydroxyl groups is 1. The van der Waals surface area contributed by atoms with Gasteiger partial charge in [0.2, 0.25) is 0 Å². The molecule has 106 valence electrons. The van der Waals surface area contributed by atoms with E-state index in [1.54, 1.807) is 14.2 Å². The molecule has 3 nitrogen and oxygen atoms in total. The van der Waals surface area contributed by atoms with E-state index in [0.717, 1.165) is 30.1 Å². The van der Waals surface area contributed by atoms with Gasteiger partial charge in [-0.2, -0.15) is 0 Å². The van der Waals surface area contributed by atoms with Crippen LogP contribution in [0.25, 0.3) is 0 Å². The van der Waals surface area contributed by atoms with E-state index >= 15 is 0 Å². The summed E-state index contributed by atoms with van der Waals surface area (Å²) in [5.41, 5.74) is 0.878. The van der Waals surface area contributed by atoms with Gasteiger partial charge in [-0.05, 0) is 36.8 Å². The standard InChI is InChI=1S/C16H24O3/c1-11-4-6-12(7-5-11)16(17)14-9-8-13(18-2)10-15(14)19-3/h8-12,16-17H,4-7H2,1-3H3. The Morgan fingerprint density at radius 3 is 2.37 bits per heavy atom. The van der Waals surface area contributed by atoms with Crippen LogP contribution in [0, 0.1) is 11.8 Å². The van der Waals surface area contributed by atoms with Crippen molar-refractivity contribution < 1.29 is 14.6 Å². The zero-order chi connectivity index (χ0) is 13.8. The van der Waals surface area contributed by atoms with Crippen LogP contribution >= 0.6 is 0 Å². The van der Waals surface area contributed by atoms with Crippen molar-refractivity contribution in [2.24, 2.45) is 11.8 Å². The molecular weight excluding hydrogens is 240 g/mol. The molecule has 2 rings (SSSR count). The number of hydrogen-bond acceptors (Lipinski definition) is 3. The molecule has 0 aliphatic heterocycles. The Bertz CT molecular complexity index is 408. The summed E-state index contributed by atoms with van der Waals surface area (Å²) in [5, 5.41) is 10.6. The fourth-order valence-electron chi connectivity index (χ4n) is 2.92. The molecule has 1 N–H and O–H groups in total. The fourth-order valence-corrected chi connectivity index (χ4v) is 2.92. The molecule has 0 radical (unpaired) electrons. The summed E-state index contributed by atoms with van der Waals surface area (Å²) >= 11 is 0. The second-order valence-electron chi connectivity index (χ2n) is 5.57. The van der Waals surface area contributed by atoms with Crippen LogP contribution in [0.1, 0.15) is 44.3 Å². The van der Waals surface area contributed by atoms with Crippen LogP contribution in [0.3, 0.4) is 0 Å². The zero-order valence-corrected chi connectivity index (χ0v) is 12.1. The highest BCUT2D eigenvalue weighted by Gasteiger charge is 2.27. The predicted molar refractivity (Wildman–Crippen MR) is 75.6 cm³/mol. The molecular formula is C16H24O3. The van der Waals surface area contributed by atoms with E-state index in [2.05, 4.69) is 6.92 Å². The van der Waals surface area contributed by atoms with Crippen molar-refractivity contribution in [3.63, 3.8) is 0 Å². The quantitative estimate of drug-likeness (QED) is 0.903. The van der Waals surface area contributed by atoms with E-state index in [0.29, 0.717) is 11.7 Å². The van der Waals surface area contributed by atoms with Crippen LogP contribution in [0.5, 0.6) is 11.5 Å². The largest absolute Gasteiger partial charge is 0.497 e. The maximum Gasteiger partial charge on any atom is 0.128 e. The van der Waals surface area contributed by atoms with Crippen LogP contribution < -0.4 is 9.47 Å². The third-order valence-corrected chi connectivity index (χ3v) is 4.27. The minimum atomic E-state index is -0.437. The molecule has 0 saturated heterocycles. The Labute approximate surface area is 115 Å². The molecule has 1 fully saturated rings. The average Bonchev–Trinajstić information content (AvgIpc) is 2.46. The van der Waals surface area contributed by atoms with E-state index in [4.69, 9.17) is 9.47 Å². The topological polar surface area (TPSA) is 38.7 Å². The number of methoxy groups -OCH3 is 2. The molecule has 19 heavy (non-hydrogen) atoms. The maximum atomic E-state index is 10.6. The summed E-state index contributed by atoms with van der Waals surface area (Å²) in [7, 11) is 3.27.